The van der Waals surface area contributed by atoms with E-state index in [2.05, 4.69) is 4.40 Å². The van der Waals surface area contributed by atoms with Gasteiger partial charge >= 0.3 is 5.97 Å². The third-order valence-electron chi connectivity index (χ3n) is 2.67. The summed E-state index contributed by atoms with van der Waals surface area (Å²) in [4.78, 5) is 12.2. The van der Waals surface area contributed by atoms with Gasteiger partial charge in [-0.25, -0.2) is 9.18 Å². The Bertz CT molecular complexity index is 596. The number of rotatable bonds is 5. The lowest BCUT2D eigenvalue weighted by Crippen LogP contribution is -2.30. The number of halogens is 1. The van der Waals surface area contributed by atoms with Crippen LogP contribution in [0, 0.1) is 5.82 Å². The molecule has 5 nitrogen and oxygen atoms in total. The van der Waals surface area contributed by atoms with Gasteiger partial charge in [-0.05, 0) is 46.8 Å². The topological polar surface area (TPSA) is 71.0 Å². The Morgan fingerprint density at radius 1 is 1.35 bits per heavy atom. The second kappa shape index (κ2) is 7.79. The van der Waals surface area contributed by atoms with Crippen LogP contribution in [0.5, 0.6) is 5.75 Å². The van der Waals surface area contributed by atoms with Crippen LogP contribution in [0.1, 0.15) is 40.2 Å². The van der Waals surface area contributed by atoms with Crippen molar-refractivity contribution in [2.45, 2.75) is 45.5 Å². The lowest BCUT2D eigenvalue weighted by Gasteiger charge is -2.19. The van der Waals surface area contributed by atoms with E-state index in [9.17, 15) is 13.7 Å². The molecule has 1 atom stereocenters. The smallest absolute Gasteiger partial charge is 0.362 e. The predicted molar refractivity (Wildman–Crippen MR) is 88.6 cm³/mol. The van der Waals surface area contributed by atoms with Crippen molar-refractivity contribution < 1.29 is 23.2 Å². The summed E-state index contributed by atoms with van der Waals surface area (Å²) in [6.07, 6.45) is -0.405. The zero-order valence-electron chi connectivity index (χ0n) is 14.2. The van der Waals surface area contributed by atoms with E-state index in [-0.39, 0.29) is 11.3 Å². The van der Waals surface area contributed by atoms with Gasteiger partial charge in [-0.1, -0.05) is 4.40 Å². The molecule has 0 aliphatic rings. The first-order valence-electron chi connectivity index (χ1n) is 7.12. The van der Waals surface area contributed by atoms with Gasteiger partial charge in [0.1, 0.15) is 27.7 Å². The van der Waals surface area contributed by atoms with Crippen molar-refractivity contribution in [1.82, 2.24) is 0 Å². The van der Waals surface area contributed by atoms with Crippen LogP contribution in [0.25, 0.3) is 0 Å². The molecule has 1 aromatic rings. The molecule has 1 aromatic carbocycles. The molecule has 0 saturated heterocycles. The standard InChI is InChI=1S/C16H22FNO4S/c1-10(2)22-15(19)14(18-23(20)16(3,4)5)12-8-7-11(21-6)9-13(12)17/h7-10H,1-6H3/b18-14-. The van der Waals surface area contributed by atoms with E-state index >= 15 is 0 Å². The van der Waals surface area contributed by atoms with Crippen LogP contribution < -0.4 is 4.74 Å². The Morgan fingerprint density at radius 3 is 2.39 bits per heavy atom. The predicted octanol–water partition coefficient (Wildman–Crippen LogP) is 3.04. The number of benzene rings is 1. The average molecular weight is 343 g/mol. The van der Waals surface area contributed by atoms with E-state index in [1.807, 2.05) is 0 Å². The summed E-state index contributed by atoms with van der Waals surface area (Å²) in [5, 5.41) is 0. The van der Waals surface area contributed by atoms with Crippen molar-refractivity contribution in [2.75, 3.05) is 7.11 Å². The second-order valence-electron chi connectivity index (χ2n) is 6.10. The van der Waals surface area contributed by atoms with Gasteiger partial charge in [0.15, 0.2) is 0 Å². The minimum Gasteiger partial charge on any atom is -0.591 e. The molecule has 0 saturated carbocycles. The molecule has 0 bridgehead atoms. The fourth-order valence-corrected chi connectivity index (χ4v) is 2.11. The van der Waals surface area contributed by atoms with Gasteiger partial charge in [0.2, 0.25) is 5.71 Å². The largest absolute Gasteiger partial charge is 0.591 e. The van der Waals surface area contributed by atoms with Crippen LogP contribution in [0.15, 0.2) is 22.6 Å². The van der Waals surface area contributed by atoms with E-state index in [1.54, 1.807) is 34.6 Å². The minimum atomic E-state index is -1.73. The number of carbonyl (C=O) groups excluding carboxylic acids is 1. The maximum absolute atomic E-state index is 14.3. The van der Waals surface area contributed by atoms with Gasteiger partial charge < -0.3 is 14.0 Å². The van der Waals surface area contributed by atoms with Gasteiger partial charge in [0.05, 0.1) is 13.2 Å². The zero-order chi connectivity index (χ0) is 17.8. The molecular weight excluding hydrogens is 321 g/mol. The molecule has 0 aliphatic carbocycles. The second-order valence-corrected chi connectivity index (χ2v) is 8.01. The highest BCUT2D eigenvalue weighted by Gasteiger charge is 2.31. The lowest BCUT2D eigenvalue weighted by molar-refractivity contribution is -0.138. The van der Waals surface area contributed by atoms with E-state index < -0.39 is 34.0 Å². The molecular formula is C16H22FNO4S. The summed E-state index contributed by atoms with van der Waals surface area (Å²) in [7, 11) is 1.41. The number of carbonyl (C=O) groups is 1. The maximum atomic E-state index is 14.3. The van der Waals surface area contributed by atoms with Crippen molar-refractivity contribution in [2.24, 2.45) is 4.40 Å². The molecule has 0 radical (unpaired) electrons. The van der Waals surface area contributed by atoms with Crippen molar-refractivity contribution >= 4 is 23.0 Å². The van der Waals surface area contributed by atoms with Gasteiger partial charge in [-0.3, -0.25) is 0 Å². The summed E-state index contributed by atoms with van der Waals surface area (Å²) < 4.78 is 39.8. The van der Waals surface area contributed by atoms with Crippen molar-refractivity contribution in [3.63, 3.8) is 0 Å². The molecule has 0 aromatic heterocycles. The fraction of sp³-hybridized carbons (Fsp3) is 0.500. The zero-order valence-corrected chi connectivity index (χ0v) is 15.0. The Kier molecular flexibility index (Phi) is 6.58. The number of hydrogen-bond acceptors (Lipinski definition) is 5. The number of methoxy groups -OCH3 is 1. The van der Waals surface area contributed by atoms with E-state index in [0.29, 0.717) is 5.75 Å². The molecule has 0 fully saturated rings. The highest BCUT2D eigenvalue weighted by atomic mass is 32.2. The Morgan fingerprint density at radius 2 is 1.96 bits per heavy atom. The van der Waals surface area contributed by atoms with Crippen molar-refractivity contribution in [3.8, 4) is 5.75 Å². The Labute approximate surface area is 139 Å². The number of nitrogens with zero attached hydrogens (tertiary/aromatic N) is 1. The molecule has 0 spiro atoms. The molecule has 0 amide bonds. The highest BCUT2D eigenvalue weighted by Crippen LogP contribution is 2.22. The van der Waals surface area contributed by atoms with Crippen LogP contribution in [0.4, 0.5) is 4.39 Å². The molecule has 0 aliphatic heterocycles. The van der Waals surface area contributed by atoms with Gasteiger partial charge in [-0.2, -0.15) is 0 Å². The molecule has 7 heteroatoms. The fourth-order valence-electron chi connectivity index (χ4n) is 1.50. The monoisotopic (exact) mass is 343 g/mol. The lowest BCUT2D eigenvalue weighted by atomic mass is 10.1. The number of esters is 1. The molecule has 1 unspecified atom stereocenters. The summed E-state index contributed by atoms with van der Waals surface area (Å²) in [5.41, 5.74) is -0.374. The van der Waals surface area contributed by atoms with Gasteiger partial charge in [0, 0.05) is 11.6 Å². The summed E-state index contributed by atoms with van der Waals surface area (Å²) in [5.74, 6) is -1.21. The van der Waals surface area contributed by atoms with E-state index in [0.717, 1.165) is 6.07 Å². The molecule has 23 heavy (non-hydrogen) atoms. The van der Waals surface area contributed by atoms with E-state index in [1.165, 1.54) is 19.2 Å². The quantitative estimate of drug-likeness (QED) is 0.468. The van der Waals surface area contributed by atoms with E-state index in [4.69, 9.17) is 9.47 Å². The SMILES string of the molecule is COc1ccc(/C(=N/[S+]([O-])C(C)(C)C)C(=O)OC(C)C)c(F)c1. The summed E-state index contributed by atoms with van der Waals surface area (Å²) in [6, 6.07) is 3.98. The molecule has 1 rings (SSSR count). The van der Waals surface area contributed by atoms with Crippen molar-refractivity contribution in [3.05, 3.63) is 29.6 Å². The van der Waals surface area contributed by atoms with Gasteiger partial charge in [0.25, 0.3) is 0 Å². The normalized spacial score (nSPS) is 13.9. The number of ether oxygens (including phenoxy) is 2. The first kappa shape index (κ1) is 19.4. The number of hydrogen-bond donors (Lipinski definition) is 0. The van der Waals surface area contributed by atoms with Crippen LogP contribution >= 0.6 is 0 Å². The third kappa shape index (κ3) is 5.51. The Balaban J connectivity index is 3.35. The molecule has 0 heterocycles. The van der Waals surface area contributed by atoms with Crippen LogP contribution in [0.2, 0.25) is 0 Å². The maximum Gasteiger partial charge on any atom is 0.362 e. The third-order valence-corrected chi connectivity index (χ3v) is 4.06. The summed E-state index contributed by atoms with van der Waals surface area (Å²) in [6.45, 7) is 8.47. The average Bonchev–Trinajstić information content (AvgIpc) is 2.42. The van der Waals surface area contributed by atoms with Gasteiger partial charge in [-0.15, -0.1) is 0 Å². The van der Waals surface area contributed by atoms with Crippen molar-refractivity contribution in [1.29, 1.82) is 0 Å². The highest BCUT2D eigenvalue weighted by molar-refractivity contribution is 7.91. The van der Waals surface area contributed by atoms with Crippen LogP contribution in [-0.2, 0) is 20.9 Å². The van der Waals surface area contributed by atoms with Crippen LogP contribution in [0.3, 0.4) is 0 Å². The van der Waals surface area contributed by atoms with Crippen LogP contribution in [-0.4, -0.2) is 34.2 Å². The summed E-state index contributed by atoms with van der Waals surface area (Å²) >= 11 is -1.73. The first-order valence-corrected chi connectivity index (χ1v) is 8.22. The minimum absolute atomic E-state index is 0.0750. The Hall–Kier alpha value is -1.60. The first-order chi connectivity index (χ1) is 10.6. The molecule has 0 N–H and O–H groups in total. The molecule has 128 valence electrons.